The first-order valence-electron chi connectivity index (χ1n) is 7.64. The van der Waals surface area contributed by atoms with Crippen molar-refractivity contribution >= 4 is 35.5 Å². The average Bonchev–Trinajstić information content (AvgIpc) is 2.61. The lowest BCUT2D eigenvalue weighted by Crippen LogP contribution is -2.09. The van der Waals surface area contributed by atoms with Crippen LogP contribution in [0.3, 0.4) is 0 Å². The zero-order chi connectivity index (χ0) is 19.0. The second kappa shape index (κ2) is 9.59. The topological polar surface area (TPSA) is 9.23 Å². The minimum atomic E-state index is -6.00. The fourth-order valence-corrected chi connectivity index (χ4v) is 3.73. The predicted molar refractivity (Wildman–Crippen MR) is 102 cm³/mol. The van der Waals surface area contributed by atoms with E-state index in [1.165, 1.54) is 9.79 Å². The summed E-state index contributed by atoms with van der Waals surface area (Å²) in [5, 5.41) is 0. The van der Waals surface area contributed by atoms with E-state index in [0.29, 0.717) is 0 Å². The SMILES string of the molecule is F[B-](F)(F)F.S=C1C=CC(O[S+](c2ccccc2)c2ccccc2)=CC1. The Balaban J connectivity index is 0.000000431. The monoisotopic (exact) mass is 398 g/mol. The van der Waals surface area contributed by atoms with Gasteiger partial charge in [-0.05, 0) is 42.5 Å². The third kappa shape index (κ3) is 7.45. The second-order valence-electron chi connectivity index (χ2n) is 5.08. The molecule has 136 valence electrons. The van der Waals surface area contributed by atoms with E-state index in [2.05, 4.69) is 24.3 Å². The quantitative estimate of drug-likeness (QED) is 0.264. The number of allylic oxidation sites excluding steroid dienone is 3. The van der Waals surface area contributed by atoms with Gasteiger partial charge in [0, 0.05) is 11.3 Å². The van der Waals surface area contributed by atoms with Gasteiger partial charge in [0.25, 0.3) is 11.2 Å². The molecule has 0 atom stereocenters. The highest BCUT2D eigenvalue weighted by atomic mass is 32.2. The van der Waals surface area contributed by atoms with Gasteiger partial charge in [-0.3, -0.25) is 4.18 Å². The summed E-state index contributed by atoms with van der Waals surface area (Å²) in [6.07, 6.45) is 6.73. The van der Waals surface area contributed by atoms with E-state index in [-0.39, 0.29) is 0 Å². The van der Waals surface area contributed by atoms with Crippen molar-refractivity contribution in [3.63, 3.8) is 0 Å². The summed E-state index contributed by atoms with van der Waals surface area (Å²) in [6.45, 7) is 0. The Bertz CT molecular complexity index is 731. The van der Waals surface area contributed by atoms with Crippen LogP contribution in [0, 0.1) is 0 Å². The Morgan fingerprint density at radius 2 is 1.27 bits per heavy atom. The summed E-state index contributed by atoms with van der Waals surface area (Å²) in [4.78, 5) is 3.29. The van der Waals surface area contributed by atoms with Gasteiger partial charge < -0.3 is 17.3 Å². The van der Waals surface area contributed by atoms with Crippen molar-refractivity contribution in [1.82, 2.24) is 0 Å². The average molecular weight is 398 g/mol. The highest BCUT2D eigenvalue weighted by Crippen LogP contribution is 2.28. The molecule has 1 aliphatic rings. The molecule has 0 aliphatic heterocycles. The number of hydrogen-bond acceptors (Lipinski definition) is 2. The van der Waals surface area contributed by atoms with Gasteiger partial charge in [0.05, 0.1) is 0 Å². The number of halogens is 4. The van der Waals surface area contributed by atoms with E-state index >= 15 is 0 Å². The third-order valence-electron chi connectivity index (χ3n) is 3.03. The molecule has 0 amide bonds. The van der Waals surface area contributed by atoms with Gasteiger partial charge in [0.15, 0.2) is 5.76 Å². The van der Waals surface area contributed by atoms with E-state index in [4.69, 9.17) is 16.4 Å². The summed E-state index contributed by atoms with van der Waals surface area (Å²) < 4.78 is 45.3. The van der Waals surface area contributed by atoms with Gasteiger partial charge in [-0.25, -0.2) is 0 Å². The molecular formula is C18H15BF4OS2. The van der Waals surface area contributed by atoms with Gasteiger partial charge in [-0.15, -0.1) is 0 Å². The molecule has 0 fully saturated rings. The summed E-state index contributed by atoms with van der Waals surface area (Å²) in [5.41, 5.74) is 0. The summed E-state index contributed by atoms with van der Waals surface area (Å²) in [7, 11) is -6.00. The second-order valence-corrected chi connectivity index (χ2v) is 7.25. The lowest BCUT2D eigenvalue weighted by Gasteiger charge is -2.10. The predicted octanol–water partition coefficient (Wildman–Crippen LogP) is 6.17. The van der Waals surface area contributed by atoms with Crippen molar-refractivity contribution in [3.8, 4) is 0 Å². The molecule has 8 heteroatoms. The zero-order valence-corrected chi connectivity index (χ0v) is 15.2. The Morgan fingerprint density at radius 3 is 1.65 bits per heavy atom. The van der Waals surface area contributed by atoms with Crippen molar-refractivity contribution in [2.24, 2.45) is 0 Å². The molecule has 3 rings (SSSR count). The van der Waals surface area contributed by atoms with Crippen LogP contribution in [0.2, 0.25) is 0 Å². The minimum Gasteiger partial charge on any atom is -0.418 e. The van der Waals surface area contributed by atoms with Crippen LogP contribution in [-0.2, 0) is 15.4 Å². The summed E-state index contributed by atoms with van der Waals surface area (Å²) in [5.74, 6) is 0.889. The first-order chi connectivity index (χ1) is 12.3. The van der Waals surface area contributed by atoms with Gasteiger partial charge in [-0.2, -0.15) is 0 Å². The van der Waals surface area contributed by atoms with Crippen LogP contribution in [0.4, 0.5) is 17.3 Å². The lowest BCUT2D eigenvalue weighted by molar-refractivity contribution is 0.368. The molecule has 0 bridgehead atoms. The van der Waals surface area contributed by atoms with Gasteiger partial charge in [0.1, 0.15) is 0 Å². The molecule has 1 aliphatic carbocycles. The van der Waals surface area contributed by atoms with Gasteiger partial charge >= 0.3 is 7.25 Å². The Kier molecular flexibility index (Phi) is 7.47. The molecule has 0 spiro atoms. The first kappa shape index (κ1) is 20.3. The zero-order valence-electron chi connectivity index (χ0n) is 13.5. The van der Waals surface area contributed by atoms with Crippen molar-refractivity contribution < 1.29 is 21.4 Å². The molecule has 0 saturated heterocycles. The molecule has 0 unspecified atom stereocenters. The van der Waals surface area contributed by atoms with Crippen molar-refractivity contribution in [2.75, 3.05) is 0 Å². The maximum absolute atomic E-state index is 9.75. The lowest BCUT2D eigenvalue weighted by atomic mass is 10.2. The van der Waals surface area contributed by atoms with E-state index < -0.39 is 18.4 Å². The fourth-order valence-electron chi connectivity index (χ4n) is 1.99. The molecule has 2 aromatic carbocycles. The first-order valence-corrected chi connectivity index (χ1v) is 9.20. The fraction of sp³-hybridized carbons (Fsp3) is 0.0556. The van der Waals surface area contributed by atoms with Crippen molar-refractivity contribution in [1.29, 1.82) is 0 Å². The van der Waals surface area contributed by atoms with Crippen molar-refractivity contribution in [2.45, 2.75) is 16.2 Å². The van der Waals surface area contributed by atoms with E-state index in [0.717, 1.165) is 17.0 Å². The largest absolute Gasteiger partial charge is 0.673 e. The minimum absolute atomic E-state index is 0.423. The molecular weight excluding hydrogens is 383 g/mol. The highest BCUT2D eigenvalue weighted by molar-refractivity contribution is 7.92. The molecule has 0 saturated carbocycles. The van der Waals surface area contributed by atoms with Gasteiger partial charge in [0.2, 0.25) is 9.79 Å². The smallest absolute Gasteiger partial charge is 0.418 e. The van der Waals surface area contributed by atoms with Crippen LogP contribution in [-0.4, -0.2) is 12.1 Å². The number of hydrogen-bond donors (Lipinski definition) is 0. The molecule has 26 heavy (non-hydrogen) atoms. The Hall–Kier alpha value is -2.06. The normalized spacial score (nSPS) is 13.7. The molecule has 0 N–H and O–H groups in total. The highest BCUT2D eigenvalue weighted by Gasteiger charge is 2.30. The van der Waals surface area contributed by atoms with E-state index in [1.54, 1.807) is 0 Å². The van der Waals surface area contributed by atoms with Crippen LogP contribution < -0.4 is 0 Å². The van der Waals surface area contributed by atoms with Crippen LogP contribution in [0.15, 0.2) is 94.4 Å². The molecule has 1 nitrogen and oxygen atoms in total. The van der Waals surface area contributed by atoms with Gasteiger partial charge in [-0.1, -0.05) is 48.6 Å². The van der Waals surface area contributed by atoms with Crippen LogP contribution in [0.1, 0.15) is 6.42 Å². The van der Waals surface area contributed by atoms with Crippen LogP contribution >= 0.6 is 12.2 Å². The standard InChI is InChI=1S/C18H15OS2.BF4/c20-16-13-11-15(12-14-16)19-21(17-7-3-1-4-8-17)18-9-5-2-6-10-18;2-1(3,4)5/h1-13H,14H2;/q+1;-1. The number of rotatable bonds is 4. The third-order valence-corrected chi connectivity index (χ3v) is 5.09. The molecule has 0 heterocycles. The maximum atomic E-state index is 9.75. The van der Waals surface area contributed by atoms with Crippen molar-refractivity contribution in [3.05, 3.63) is 84.7 Å². The summed E-state index contributed by atoms with van der Waals surface area (Å²) in [6, 6.07) is 20.6. The molecule has 0 aromatic heterocycles. The Labute approximate surface area is 158 Å². The summed E-state index contributed by atoms with van der Waals surface area (Å²) >= 11 is 4.75. The van der Waals surface area contributed by atoms with E-state index in [9.17, 15) is 17.3 Å². The van der Waals surface area contributed by atoms with Crippen LogP contribution in [0.5, 0.6) is 0 Å². The molecule has 2 aromatic rings. The molecule has 0 radical (unpaired) electrons. The number of thiocarbonyl (C=S) groups is 1. The maximum Gasteiger partial charge on any atom is 0.673 e. The number of benzene rings is 2. The Morgan fingerprint density at radius 1 is 0.808 bits per heavy atom. The van der Waals surface area contributed by atoms with Crippen LogP contribution in [0.25, 0.3) is 0 Å². The van der Waals surface area contributed by atoms with E-state index in [1.807, 2.05) is 54.6 Å².